The maximum Gasteiger partial charge on any atom is 0.344 e. The Balaban J connectivity index is 1.31. The van der Waals surface area contributed by atoms with Crippen LogP contribution in [0.2, 0.25) is 0 Å². The highest BCUT2D eigenvalue weighted by Gasteiger charge is 2.53. The van der Waals surface area contributed by atoms with E-state index in [1.54, 1.807) is 0 Å². The van der Waals surface area contributed by atoms with Gasteiger partial charge in [0.25, 0.3) is 16.2 Å². The number of carboxylic acids is 2. The molecule has 18 heteroatoms. The van der Waals surface area contributed by atoms with E-state index in [1.807, 2.05) is 29.9 Å². The number of thiazole rings is 2. The predicted molar refractivity (Wildman–Crippen MR) is 145 cm³/mol. The largest absolute Gasteiger partial charge is 0.543 e. The molecule has 0 spiro atoms. The number of fused-ring (bicyclic) bond motifs is 2. The Morgan fingerprint density at radius 3 is 2.88 bits per heavy atom. The first kappa shape index (κ1) is 27.8. The first-order chi connectivity index (χ1) is 19.1. The van der Waals surface area contributed by atoms with Crippen LogP contribution in [0.3, 0.4) is 0 Å². The molecule has 3 aromatic heterocycles. The first-order valence-electron chi connectivity index (χ1n) is 11.3. The summed E-state index contributed by atoms with van der Waals surface area (Å²) in [6.45, 7) is -0.805. The molecule has 4 N–H and O–H groups in total. The maximum atomic E-state index is 13.1. The normalized spacial score (nSPS) is 18.9. The number of aromatic nitrogens is 3. The van der Waals surface area contributed by atoms with E-state index in [0.717, 1.165) is 30.9 Å². The quantitative estimate of drug-likeness (QED) is 0.0834. The fourth-order valence-corrected chi connectivity index (χ4v) is 8.09. The number of amides is 2. The van der Waals surface area contributed by atoms with E-state index in [0.29, 0.717) is 11.3 Å². The summed E-state index contributed by atoms with van der Waals surface area (Å²) in [7, 11) is 1.89. The highest BCUT2D eigenvalue weighted by Crippen LogP contribution is 2.42. The van der Waals surface area contributed by atoms with E-state index >= 15 is 0 Å². The molecule has 5 heterocycles. The van der Waals surface area contributed by atoms with Gasteiger partial charge in [-0.05, 0) is 22.7 Å². The van der Waals surface area contributed by atoms with Gasteiger partial charge in [0.2, 0.25) is 6.61 Å². The van der Waals surface area contributed by atoms with Gasteiger partial charge in [0.1, 0.15) is 21.8 Å². The monoisotopic (exact) mass is 621 g/mol. The molecule has 1 fully saturated rings. The van der Waals surface area contributed by atoms with E-state index in [4.69, 9.17) is 15.7 Å². The number of carbonyl (C=O) groups excluding carboxylic acids is 3. The van der Waals surface area contributed by atoms with E-state index < -0.39 is 41.8 Å². The number of thioether (sulfide) groups is 2. The molecule has 1 saturated heterocycles. The number of nitrogens with two attached hydrogens (primary N) is 1. The van der Waals surface area contributed by atoms with Crippen molar-refractivity contribution in [3.63, 3.8) is 0 Å². The number of nitrogens with zero attached hydrogens (tertiary/aromatic N) is 5. The average molecular weight is 622 g/mol. The summed E-state index contributed by atoms with van der Waals surface area (Å²) in [6.07, 6.45) is 1.89. The summed E-state index contributed by atoms with van der Waals surface area (Å²) >= 11 is 5.18. The molecule has 14 nitrogen and oxygen atoms in total. The summed E-state index contributed by atoms with van der Waals surface area (Å²) in [5.41, 5.74) is 6.40. The minimum absolute atomic E-state index is 0.0309. The van der Waals surface area contributed by atoms with Crippen molar-refractivity contribution in [3.8, 4) is 0 Å². The van der Waals surface area contributed by atoms with E-state index in [1.165, 1.54) is 40.2 Å². The standard InChI is InChI=1S/C22H19N7O7S4/c1-28-4-2-3-11-16(28)26-22(40-11)39-7-9-6-37-19-14(18(33)29(19)15(9)20(34)35)25-17(32)13(27-36-5-12(30)31)10-8-38-21(23)24-10/h2-4,8,14,19H,5-7H2,1H3,(H4-,23,24,25,30,31,32,34,35)/b27-13-/t14?,19-/m0/s1. The van der Waals surface area contributed by atoms with Crippen LogP contribution in [0.4, 0.5) is 5.13 Å². The van der Waals surface area contributed by atoms with E-state index in [2.05, 4.69) is 20.4 Å². The van der Waals surface area contributed by atoms with Crippen LogP contribution in [0.25, 0.3) is 10.3 Å². The molecule has 2 aliphatic heterocycles. The summed E-state index contributed by atoms with van der Waals surface area (Å²) < 4.78 is 3.65. The maximum absolute atomic E-state index is 13.1. The molecule has 208 valence electrons. The van der Waals surface area contributed by atoms with Gasteiger partial charge in [-0.1, -0.05) is 28.3 Å². The second kappa shape index (κ2) is 11.4. The number of oxime groups is 1. The zero-order chi connectivity index (χ0) is 28.6. The van der Waals surface area contributed by atoms with Gasteiger partial charge in [-0.15, -0.1) is 23.1 Å². The predicted octanol–water partition coefficient (Wildman–Crippen LogP) is -0.839. The fraction of sp³-hybridized carbons (Fsp3) is 0.273. The molecule has 2 atom stereocenters. The molecule has 0 saturated carbocycles. The molecule has 0 aromatic carbocycles. The molecule has 1 unspecified atom stereocenters. The van der Waals surface area contributed by atoms with Crippen molar-refractivity contribution >= 4 is 91.1 Å². The lowest BCUT2D eigenvalue weighted by Crippen LogP contribution is -2.71. The average Bonchev–Trinajstić information content (AvgIpc) is 3.54. The number of nitrogen functional groups attached to an aromatic ring is 1. The number of carbonyl (C=O) groups is 4. The van der Waals surface area contributed by atoms with Gasteiger partial charge in [0, 0.05) is 16.9 Å². The fourth-order valence-electron chi connectivity index (χ4n) is 3.95. The third-order valence-electron chi connectivity index (χ3n) is 5.73. The topological polar surface area (TPSA) is 204 Å². The lowest BCUT2D eigenvalue weighted by Gasteiger charge is -2.50. The first-order valence-corrected chi connectivity index (χ1v) is 15.1. The van der Waals surface area contributed by atoms with Crippen molar-refractivity contribution in [2.75, 3.05) is 23.8 Å². The number of hydrogen-bond acceptors (Lipinski definition) is 14. The molecule has 5 rings (SSSR count). The number of rotatable bonds is 10. The number of aliphatic carboxylic acids is 2. The minimum atomic E-state index is -1.49. The summed E-state index contributed by atoms with van der Waals surface area (Å²) in [4.78, 5) is 63.3. The molecular weight excluding hydrogens is 603 g/mol. The van der Waals surface area contributed by atoms with Crippen LogP contribution in [0, 0.1) is 0 Å². The number of carboxylic acid groups (broad SMARTS) is 2. The second-order valence-corrected chi connectivity index (χ2v) is 12.6. The Hall–Kier alpha value is -3.74. The molecule has 2 amide bonds. The Kier molecular flexibility index (Phi) is 7.92. The Labute approximate surface area is 241 Å². The van der Waals surface area contributed by atoms with Crippen molar-refractivity contribution in [1.29, 1.82) is 0 Å². The number of anilines is 1. The Morgan fingerprint density at radius 2 is 2.20 bits per heavy atom. The van der Waals surface area contributed by atoms with Crippen molar-refractivity contribution in [2.45, 2.75) is 15.8 Å². The SMILES string of the molecule is C[n+]1cccc2sc(SCC3=C(C(=O)[O-])N4C(=O)C(NC(=O)/C(=N\OCC(=O)O)c5csc(N)n5)[C@@H]4SC3)nc21. The molecule has 0 radical (unpaired) electrons. The molecule has 2 aliphatic rings. The van der Waals surface area contributed by atoms with Gasteiger partial charge >= 0.3 is 11.6 Å². The Morgan fingerprint density at radius 1 is 1.40 bits per heavy atom. The van der Waals surface area contributed by atoms with Crippen LogP contribution in [0.1, 0.15) is 5.69 Å². The van der Waals surface area contributed by atoms with Gasteiger partial charge in [0.15, 0.2) is 10.8 Å². The van der Waals surface area contributed by atoms with Gasteiger partial charge in [-0.2, -0.15) is 0 Å². The molecule has 3 aromatic rings. The summed E-state index contributed by atoms with van der Waals surface area (Å²) in [6, 6.07) is 2.80. The van der Waals surface area contributed by atoms with Crippen LogP contribution < -0.4 is 20.7 Å². The summed E-state index contributed by atoms with van der Waals surface area (Å²) in [5, 5.41) is 27.9. The number of hydrogen-bond donors (Lipinski definition) is 3. The zero-order valence-corrected chi connectivity index (χ0v) is 23.7. The Bertz CT molecular complexity index is 1600. The van der Waals surface area contributed by atoms with Crippen LogP contribution in [-0.4, -0.2) is 79.0 Å². The number of pyridine rings is 1. The van der Waals surface area contributed by atoms with Crippen LogP contribution in [0.15, 0.2) is 44.5 Å². The number of β-lactam (4-membered cyclic amide) rings is 1. The lowest BCUT2D eigenvalue weighted by atomic mass is 10.0. The van der Waals surface area contributed by atoms with Crippen molar-refractivity contribution < 1.29 is 38.8 Å². The highest BCUT2D eigenvalue weighted by molar-refractivity contribution is 8.02. The van der Waals surface area contributed by atoms with Gasteiger partial charge < -0.3 is 30.9 Å². The molecule has 40 heavy (non-hydrogen) atoms. The molecular formula is C22H19N7O7S4. The van der Waals surface area contributed by atoms with E-state index in [9.17, 15) is 24.3 Å². The lowest BCUT2D eigenvalue weighted by molar-refractivity contribution is -0.646. The van der Waals surface area contributed by atoms with Crippen LogP contribution in [-0.2, 0) is 31.1 Å². The van der Waals surface area contributed by atoms with Crippen molar-refractivity contribution in [3.05, 3.63) is 40.7 Å². The zero-order valence-electron chi connectivity index (χ0n) is 20.4. The van der Waals surface area contributed by atoms with Gasteiger partial charge in [-0.3, -0.25) is 14.5 Å². The molecule has 0 aliphatic carbocycles. The van der Waals surface area contributed by atoms with Gasteiger partial charge in [0.05, 0.1) is 24.9 Å². The third kappa shape index (κ3) is 5.47. The van der Waals surface area contributed by atoms with Gasteiger partial charge in [-0.25, -0.2) is 14.3 Å². The third-order valence-corrected chi connectivity index (χ3v) is 9.98. The van der Waals surface area contributed by atoms with Crippen LogP contribution >= 0.6 is 46.2 Å². The molecule has 0 bridgehead atoms. The van der Waals surface area contributed by atoms with Crippen molar-refractivity contribution in [1.82, 2.24) is 20.2 Å². The highest BCUT2D eigenvalue weighted by atomic mass is 32.2. The minimum Gasteiger partial charge on any atom is -0.543 e. The smallest absolute Gasteiger partial charge is 0.344 e. The number of aryl methyl sites for hydroxylation is 1. The summed E-state index contributed by atoms with van der Waals surface area (Å²) in [5.74, 6) is -3.71. The van der Waals surface area contributed by atoms with Crippen LogP contribution in [0.5, 0.6) is 0 Å². The second-order valence-electron chi connectivity index (χ2n) is 8.35. The van der Waals surface area contributed by atoms with Crippen molar-refractivity contribution in [2.24, 2.45) is 12.2 Å². The number of nitrogens with one attached hydrogen (secondary N) is 1. The van der Waals surface area contributed by atoms with E-state index in [-0.39, 0.29) is 28.0 Å².